The van der Waals surface area contributed by atoms with Crippen LogP contribution in [0.15, 0.2) is 29.2 Å². The minimum atomic E-state index is -3.44. The Morgan fingerprint density at radius 1 is 1.17 bits per heavy atom. The Hall–Kier alpha value is -1.60. The summed E-state index contributed by atoms with van der Waals surface area (Å²) in [5, 5.41) is 2.86. The number of sulfonamides is 1. The average Bonchev–Trinajstić information content (AvgIpc) is 2.55. The van der Waals surface area contributed by atoms with E-state index in [1.807, 2.05) is 17.9 Å². The molecule has 1 aromatic carbocycles. The van der Waals surface area contributed by atoms with Crippen LogP contribution in [0.5, 0.6) is 0 Å². The second kappa shape index (κ2) is 6.49. The second-order valence-corrected chi connectivity index (χ2v) is 8.17. The lowest BCUT2D eigenvalue weighted by Crippen LogP contribution is -2.54. The van der Waals surface area contributed by atoms with E-state index in [4.69, 9.17) is 0 Å². The highest BCUT2D eigenvalue weighted by atomic mass is 32.2. The zero-order chi connectivity index (χ0) is 16.4. The van der Waals surface area contributed by atoms with Gasteiger partial charge in [-0.15, -0.1) is 0 Å². The van der Waals surface area contributed by atoms with Crippen molar-refractivity contribution in [2.24, 2.45) is 0 Å². The molecule has 7 heteroatoms. The summed E-state index contributed by atoms with van der Waals surface area (Å²) >= 11 is 0. The van der Waals surface area contributed by atoms with Crippen molar-refractivity contribution in [2.45, 2.75) is 37.1 Å². The molecule has 2 fully saturated rings. The molecule has 1 N–H and O–H groups in total. The molecule has 2 heterocycles. The van der Waals surface area contributed by atoms with Crippen molar-refractivity contribution in [1.29, 1.82) is 0 Å². The van der Waals surface area contributed by atoms with Crippen LogP contribution in [0.25, 0.3) is 0 Å². The fraction of sp³-hybridized carbons (Fsp3) is 0.562. The van der Waals surface area contributed by atoms with Crippen LogP contribution in [0.1, 0.15) is 24.8 Å². The number of carbonyl (C=O) groups excluding carboxylic acids is 1. The summed E-state index contributed by atoms with van der Waals surface area (Å²) in [4.78, 5) is 14.1. The molecule has 0 bridgehead atoms. The third-order valence-corrected chi connectivity index (χ3v) is 6.50. The van der Waals surface area contributed by atoms with Crippen LogP contribution in [0, 0.1) is 6.92 Å². The molecule has 0 unspecified atom stereocenters. The van der Waals surface area contributed by atoms with E-state index in [9.17, 15) is 13.2 Å². The minimum Gasteiger partial charge on any atom is -0.338 e. The number of amides is 2. The van der Waals surface area contributed by atoms with Gasteiger partial charge in [-0.3, -0.25) is 0 Å². The SMILES string of the molecule is Cc1cccc(S(=O)(=O)N2CCC(N3CCCNC3=O)CC2)c1. The van der Waals surface area contributed by atoms with Crippen molar-refractivity contribution in [2.75, 3.05) is 26.2 Å². The van der Waals surface area contributed by atoms with Crippen LogP contribution in [-0.2, 0) is 10.0 Å². The average molecular weight is 337 g/mol. The maximum atomic E-state index is 12.7. The molecule has 0 spiro atoms. The van der Waals surface area contributed by atoms with Gasteiger partial charge in [0.05, 0.1) is 4.90 Å². The van der Waals surface area contributed by atoms with Crippen LogP contribution >= 0.6 is 0 Å². The van der Waals surface area contributed by atoms with Crippen LogP contribution in [-0.4, -0.2) is 55.9 Å². The Labute approximate surface area is 137 Å². The summed E-state index contributed by atoms with van der Waals surface area (Å²) in [6.45, 7) is 4.31. The van der Waals surface area contributed by atoms with Gasteiger partial charge in [0.15, 0.2) is 0 Å². The first kappa shape index (κ1) is 16.3. The molecule has 0 aromatic heterocycles. The number of rotatable bonds is 3. The van der Waals surface area contributed by atoms with Gasteiger partial charge in [0.1, 0.15) is 0 Å². The Kier molecular flexibility index (Phi) is 4.59. The summed E-state index contributed by atoms with van der Waals surface area (Å²) in [6.07, 6.45) is 2.34. The molecule has 3 rings (SSSR count). The van der Waals surface area contributed by atoms with Crippen LogP contribution in [0.2, 0.25) is 0 Å². The lowest BCUT2D eigenvalue weighted by atomic mass is 10.0. The van der Waals surface area contributed by atoms with Crippen LogP contribution in [0.3, 0.4) is 0 Å². The van der Waals surface area contributed by atoms with Crippen molar-refractivity contribution < 1.29 is 13.2 Å². The number of hydrogen-bond acceptors (Lipinski definition) is 3. The molecule has 2 amide bonds. The van der Waals surface area contributed by atoms with Gasteiger partial charge in [-0.1, -0.05) is 12.1 Å². The van der Waals surface area contributed by atoms with Crippen LogP contribution < -0.4 is 5.32 Å². The van der Waals surface area contributed by atoms with E-state index >= 15 is 0 Å². The number of carbonyl (C=O) groups is 1. The van der Waals surface area contributed by atoms with Gasteiger partial charge in [-0.2, -0.15) is 4.31 Å². The Morgan fingerprint density at radius 2 is 1.91 bits per heavy atom. The molecule has 0 atom stereocenters. The molecule has 2 saturated heterocycles. The predicted octanol–water partition coefficient (Wildman–Crippen LogP) is 1.56. The highest BCUT2D eigenvalue weighted by Crippen LogP contribution is 2.24. The number of hydrogen-bond donors (Lipinski definition) is 1. The van der Waals surface area contributed by atoms with Gasteiger partial charge in [0, 0.05) is 32.2 Å². The highest BCUT2D eigenvalue weighted by Gasteiger charge is 2.33. The number of benzene rings is 1. The standard InChI is InChI=1S/C16H23N3O3S/c1-13-4-2-5-15(12-13)23(21,22)18-10-6-14(7-11-18)19-9-3-8-17-16(19)20/h2,4-5,12,14H,3,6-11H2,1H3,(H,17,20). The molecule has 6 nitrogen and oxygen atoms in total. The van der Waals surface area contributed by atoms with E-state index < -0.39 is 10.0 Å². The van der Waals surface area contributed by atoms with Gasteiger partial charge in [0.25, 0.3) is 0 Å². The summed E-state index contributed by atoms with van der Waals surface area (Å²) < 4.78 is 27.0. The number of aryl methyl sites for hydroxylation is 1. The maximum absolute atomic E-state index is 12.7. The molecular weight excluding hydrogens is 314 g/mol. The quantitative estimate of drug-likeness (QED) is 0.910. The van der Waals surface area contributed by atoms with Crippen molar-refractivity contribution in [3.05, 3.63) is 29.8 Å². The monoisotopic (exact) mass is 337 g/mol. The summed E-state index contributed by atoms with van der Waals surface area (Å²) in [7, 11) is -3.44. The second-order valence-electron chi connectivity index (χ2n) is 6.23. The zero-order valence-corrected chi connectivity index (χ0v) is 14.2. The van der Waals surface area contributed by atoms with Crippen molar-refractivity contribution in [3.8, 4) is 0 Å². The molecule has 2 aliphatic heterocycles. The molecule has 0 saturated carbocycles. The van der Waals surface area contributed by atoms with Crippen molar-refractivity contribution in [1.82, 2.24) is 14.5 Å². The van der Waals surface area contributed by atoms with E-state index in [2.05, 4.69) is 5.32 Å². The highest BCUT2D eigenvalue weighted by molar-refractivity contribution is 7.89. The Bertz CT molecular complexity index is 682. The smallest absolute Gasteiger partial charge is 0.317 e. The van der Waals surface area contributed by atoms with Gasteiger partial charge in [-0.25, -0.2) is 13.2 Å². The van der Waals surface area contributed by atoms with Gasteiger partial charge < -0.3 is 10.2 Å². The van der Waals surface area contributed by atoms with E-state index in [1.54, 1.807) is 22.5 Å². The number of nitrogens with zero attached hydrogens (tertiary/aromatic N) is 2. The zero-order valence-electron chi connectivity index (χ0n) is 13.4. The summed E-state index contributed by atoms with van der Waals surface area (Å²) in [5.41, 5.74) is 0.936. The topological polar surface area (TPSA) is 69.7 Å². The number of urea groups is 1. The summed E-state index contributed by atoms with van der Waals surface area (Å²) in [5.74, 6) is 0. The molecule has 23 heavy (non-hydrogen) atoms. The van der Waals surface area contributed by atoms with E-state index in [0.717, 1.165) is 25.1 Å². The minimum absolute atomic E-state index is 0.0174. The van der Waals surface area contributed by atoms with Crippen molar-refractivity contribution in [3.63, 3.8) is 0 Å². The van der Waals surface area contributed by atoms with E-state index in [1.165, 1.54) is 0 Å². The molecule has 1 aromatic rings. The molecular formula is C16H23N3O3S. The van der Waals surface area contributed by atoms with Gasteiger partial charge >= 0.3 is 6.03 Å². The number of nitrogens with one attached hydrogen (secondary N) is 1. The Balaban J connectivity index is 1.67. The fourth-order valence-corrected chi connectivity index (χ4v) is 4.89. The third kappa shape index (κ3) is 3.35. The van der Waals surface area contributed by atoms with E-state index in [-0.39, 0.29) is 12.1 Å². The molecule has 0 aliphatic carbocycles. The Morgan fingerprint density at radius 3 is 2.57 bits per heavy atom. The maximum Gasteiger partial charge on any atom is 0.317 e. The predicted molar refractivity (Wildman–Crippen MR) is 87.7 cm³/mol. The summed E-state index contributed by atoms with van der Waals surface area (Å²) in [6, 6.07) is 7.13. The lowest BCUT2D eigenvalue weighted by molar-refractivity contribution is 0.134. The van der Waals surface area contributed by atoms with Crippen molar-refractivity contribution >= 4 is 16.1 Å². The third-order valence-electron chi connectivity index (χ3n) is 4.60. The lowest BCUT2D eigenvalue weighted by Gasteiger charge is -2.39. The normalized spacial score (nSPS) is 21.3. The first-order valence-electron chi connectivity index (χ1n) is 8.10. The molecule has 126 valence electrons. The first-order chi connectivity index (χ1) is 11.0. The first-order valence-corrected chi connectivity index (χ1v) is 9.54. The fourth-order valence-electron chi connectivity index (χ4n) is 3.32. The van der Waals surface area contributed by atoms with Crippen LogP contribution in [0.4, 0.5) is 4.79 Å². The largest absolute Gasteiger partial charge is 0.338 e. The number of piperidine rings is 1. The van der Waals surface area contributed by atoms with Gasteiger partial charge in [0.2, 0.25) is 10.0 Å². The molecule has 0 radical (unpaired) electrons. The van der Waals surface area contributed by atoms with Gasteiger partial charge in [-0.05, 0) is 43.9 Å². The molecule has 2 aliphatic rings. The van der Waals surface area contributed by atoms with E-state index in [0.29, 0.717) is 30.8 Å².